The molecule has 0 saturated carbocycles. The zero-order valence-corrected chi connectivity index (χ0v) is 12.6. The lowest BCUT2D eigenvalue weighted by molar-refractivity contribution is 0.456. The molecule has 0 amide bonds. The van der Waals surface area contributed by atoms with Crippen LogP contribution in [0, 0.1) is 18.3 Å². The van der Waals surface area contributed by atoms with Crippen molar-refractivity contribution in [3.8, 4) is 6.07 Å². The molecule has 1 aromatic carbocycles. The van der Waals surface area contributed by atoms with E-state index in [1.165, 1.54) is 25.7 Å². The zero-order chi connectivity index (χ0) is 14.4. The predicted octanol–water partition coefficient (Wildman–Crippen LogP) is 3.59. The summed E-state index contributed by atoms with van der Waals surface area (Å²) in [5.41, 5.74) is 2.78. The number of anilines is 1. The molecule has 3 heteroatoms. The molecule has 0 bridgehead atoms. The molecular weight excluding hydrogens is 246 g/mol. The summed E-state index contributed by atoms with van der Waals surface area (Å²) < 4.78 is 0. The molecule has 1 heterocycles. The third-order valence-corrected chi connectivity index (χ3v) is 4.09. The molecule has 3 nitrogen and oxygen atoms in total. The molecule has 108 valence electrons. The monoisotopic (exact) mass is 271 g/mol. The first-order valence-electron chi connectivity index (χ1n) is 7.70. The third-order valence-electron chi connectivity index (χ3n) is 4.09. The Morgan fingerprint density at radius 2 is 2.25 bits per heavy atom. The van der Waals surface area contributed by atoms with Crippen LogP contribution in [0.5, 0.6) is 0 Å². The van der Waals surface area contributed by atoms with Crippen LogP contribution in [-0.2, 0) is 0 Å². The highest BCUT2D eigenvalue weighted by Gasteiger charge is 2.15. The highest BCUT2D eigenvalue weighted by Crippen LogP contribution is 2.21. The van der Waals surface area contributed by atoms with Gasteiger partial charge in [-0.15, -0.1) is 0 Å². The first kappa shape index (κ1) is 14.9. The van der Waals surface area contributed by atoms with Crippen molar-refractivity contribution in [3.05, 3.63) is 29.3 Å². The molecule has 1 aromatic rings. The summed E-state index contributed by atoms with van der Waals surface area (Å²) in [6, 6.07) is 9.29. The van der Waals surface area contributed by atoms with E-state index >= 15 is 0 Å². The first-order chi connectivity index (χ1) is 9.70. The van der Waals surface area contributed by atoms with Crippen LogP contribution in [0.1, 0.15) is 50.2 Å². The lowest BCUT2D eigenvalue weighted by atomic mass is 10.0. The van der Waals surface area contributed by atoms with Gasteiger partial charge in [0.25, 0.3) is 0 Å². The zero-order valence-electron chi connectivity index (χ0n) is 12.6. The van der Waals surface area contributed by atoms with Crippen LogP contribution in [0.4, 0.5) is 5.69 Å². The predicted molar refractivity (Wildman–Crippen MR) is 83.9 cm³/mol. The Morgan fingerprint density at radius 3 is 3.05 bits per heavy atom. The summed E-state index contributed by atoms with van der Waals surface area (Å²) in [7, 11) is 0. The average molecular weight is 271 g/mol. The molecule has 2 unspecified atom stereocenters. The fraction of sp³-hybridized carbons (Fsp3) is 0.588. The summed E-state index contributed by atoms with van der Waals surface area (Å²) in [5, 5.41) is 16.4. The molecule has 1 aliphatic rings. The Morgan fingerprint density at radius 1 is 1.40 bits per heavy atom. The van der Waals surface area contributed by atoms with Crippen molar-refractivity contribution < 1.29 is 0 Å². The largest absolute Gasteiger partial charge is 0.381 e. The van der Waals surface area contributed by atoms with E-state index in [1.54, 1.807) is 0 Å². The standard InChI is InChI=1S/C17H25N3/c1-13-7-6-9-17(16(13)12-18)20-14(2)11-15-8-4-3-5-10-19-15/h6-7,9,14-15,19-20H,3-5,8,10-11H2,1-2H3. The van der Waals surface area contributed by atoms with Crippen molar-refractivity contribution in [3.63, 3.8) is 0 Å². The maximum atomic E-state index is 9.27. The SMILES string of the molecule is Cc1cccc(NC(C)CC2CCCCCN2)c1C#N. The highest BCUT2D eigenvalue weighted by molar-refractivity contribution is 5.60. The normalized spacial score (nSPS) is 20.8. The van der Waals surface area contributed by atoms with Crippen LogP contribution in [-0.4, -0.2) is 18.6 Å². The van der Waals surface area contributed by atoms with Gasteiger partial charge in [0.1, 0.15) is 6.07 Å². The second-order valence-corrected chi connectivity index (χ2v) is 5.89. The van der Waals surface area contributed by atoms with E-state index in [0.29, 0.717) is 12.1 Å². The lowest BCUT2D eigenvalue weighted by Gasteiger charge is -2.23. The molecule has 2 atom stereocenters. The van der Waals surface area contributed by atoms with Crippen LogP contribution >= 0.6 is 0 Å². The average Bonchev–Trinajstić information content (AvgIpc) is 2.67. The quantitative estimate of drug-likeness (QED) is 0.879. The van der Waals surface area contributed by atoms with Crippen molar-refractivity contribution in [2.24, 2.45) is 0 Å². The van der Waals surface area contributed by atoms with Crippen LogP contribution in [0.15, 0.2) is 18.2 Å². The van der Waals surface area contributed by atoms with Gasteiger partial charge >= 0.3 is 0 Å². The minimum atomic E-state index is 0.375. The van der Waals surface area contributed by atoms with Crippen molar-refractivity contribution in [2.45, 2.75) is 58.0 Å². The first-order valence-corrected chi connectivity index (χ1v) is 7.70. The van der Waals surface area contributed by atoms with E-state index in [1.807, 2.05) is 25.1 Å². The minimum Gasteiger partial charge on any atom is -0.381 e. The van der Waals surface area contributed by atoms with E-state index in [9.17, 15) is 5.26 Å². The van der Waals surface area contributed by atoms with Crippen molar-refractivity contribution in [2.75, 3.05) is 11.9 Å². The topological polar surface area (TPSA) is 47.8 Å². The molecule has 1 saturated heterocycles. The van der Waals surface area contributed by atoms with E-state index in [2.05, 4.69) is 23.6 Å². The van der Waals surface area contributed by atoms with Gasteiger partial charge in [-0.05, 0) is 51.3 Å². The summed E-state index contributed by atoms with van der Waals surface area (Å²) in [6.45, 7) is 5.34. The van der Waals surface area contributed by atoms with E-state index in [0.717, 1.165) is 29.8 Å². The summed E-state index contributed by atoms with van der Waals surface area (Å²) in [5.74, 6) is 0. The Labute approximate surface area is 122 Å². The number of hydrogen-bond donors (Lipinski definition) is 2. The summed E-state index contributed by atoms with van der Waals surface area (Å²) in [4.78, 5) is 0. The maximum Gasteiger partial charge on any atom is 0.102 e. The van der Waals surface area contributed by atoms with E-state index in [4.69, 9.17) is 0 Å². The molecule has 1 fully saturated rings. The maximum absolute atomic E-state index is 9.27. The molecule has 2 rings (SSSR count). The van der Waals surface area contributed by atoms with Crippen LogP contribution in [0.2, 0.25) is 0 Å². The van der Waals surface area contributed by atoms with Gasteiger partial charge in [-0.3, -0.25) is 0 Å². The fourth-order valence-corrected chi connectivity index (χ4v) is 2.99. The third kappa shape index (κ3) is 3.98. The molecule has 2 N–H and O–H groups in total. The highest BCUT2D eigenvalue weighted by atomic mass is 15.0. The van der Waals surface area contributed by atoms with Crippen molar-refractivity contribution >= 4 is 5.69 Å². The lowest BCUT2D eigenvalue weighted by Crippen LogP contribution is -2.33. The second kappa shape index (κ2) is 7.31. The van der Waals surface area contributed by atoms with Gasteiger partial charge in [-0.1, -0.05) is 25.0 Å². The molecule has 0 aliphatic carbocycles. The van der Waals surface area contributed by atoms with Gasteiger partial charge < -0.3 is 10.6 Å². The molecule has 0 aromatic heterocycles. The van der Waals surface area contributed by atoms with Gasteiger partial charge in [-0.2, -0.15) is 5.26 Å². The number of benzene rings is 1. The number of nitrogens with one attached hydrogen (secondary N) is 2. The summed E-state index contributed by atoms with van der Waals surface area (Å²) >= 11 is 0. The van der Waals surface area contributed by atoms with Crippen LogP contribution in [0.25, 0.3) is 0 Å². The minimum absolute atomic E-state index is 0.375. The van der Waals surface area contributed by atoms with Crippen LogP contribution < -0.4 is 10.6 Å². The van der Waals surface area contributed by atoms with Gasteiger partial charge in [0.2, 0.25) is 0 Å². The Hall–Kier alpha value is -1.53. The number of nitriles is 1. The van der Waals surface area contributed by atoms with Gasteiger partial charge in [0, 0.05) is 12.1 Å². The fourth-order valence-electron chi connectivity index (χ4n) is 2.99. The van der Waals surface area contributed by atoms with Gasteiger partial charge in [-0.25, -0.2) is 0 Å². The van der Waals surface area contributed by atoms with Gasteiger partial charge in [0.05, 0.1) is 11.3 Å². The number of nitrogens with zero attached hydrogens (tertiary/aromatic N) is 1. The molecule has 20 heavy (non-hydrogen) atoms. The molecule has 1 aliphatic heterocycles. The van der Waals surface area contributed by atoms with E-state index < -0.39 is 0 Å². The smallest absolute Gasteiger partial charge is 0.102 e. The number of aryl methyl sites for hydroxylation is 1. The van der Waals surface area contributed by atoms with Crippen LogP contribution in [0.3, 0.4) is 0 Å². The van der Waals surface area contributed by atoms with Gasteiger partial charge in [0.15, 0.2) is 0 Å². The van der Waals surface area contributed by atoms with E-state index in [-0.39, 0.29) is 0 Å². The Balaban J connectivity index is 1.96. The van der Waals surface area contributed by atoms with Crippen molar-refractivity contribution in [1.82, 2.24) is 5.32 Å². The molecular formula is C17H25N3. The number of hydrogen-bond acceptors (Lipinski definition) is 3. The van der Waals surface area contributed by atoms with Crippen molar-refractivity contribution in [1.29, 1.82) is 5.26 Å². The molecule has 0 spiro atoms. The Bertz CT molecular complexity index is 468. The summed E-state index contributed by atoms with van der Waals surface area (Å²) in [6.07, 6.45) is 6.36. The number of rotatable bonds is 4. The Kier molecular flexibility index (Phi) is 5.43. The second-order valence-electron chi connectivity index (χ2n) is 5.89. The molecule has 0 radical (unpaired) electrons.